The average Bonchev–Trinajstić information content (AvgIpc) is 3.11. The fraction of sp³-hybridized carbons (Fsp3) is 0.150. The van der Waals surface area contributed by atoms with Crippen LogP contribution < -0.4 is 10.6 Å². The van der Waals surface area contributed by atoms with E-state index in [1.807, 2.05) is 30.5 Å². The number of esters is 1. The van der Waals surface area contributed by atoms with Crippen LogP contribution in [-0.2, 0) is 20.7 Å². The minimum Gasteiger partial charge on any atom is -0.465 e. The molecule has 0 aliphatic heterocycles. The van der Waals surface area contributed by atoms with Crippen molar-refractivity contribution in [1.29, 1.82) is 0 Å². The molecule has 27 heavy (non-hydrogen) atoms. The van der Waals surface area contributed by atoms with Gasteiger partial charge >= 0.3 is 17.8 Å². The van der Waals surface area contributed by atoms with Gasteiger partial charge in [0.15, 0.2) is 0 Å². The number of para-hydroxylation sites is 2. The molecular formula is C20H19N3O4. The Balaban J connectivity index is 1.57. The summed E-state index contributed by atoms with van der Waals surface area (Å²) >= 11 is 0. The Kier molecular flexibility index (Phi) is 5.51. The fourth-order valence-corrected chi connectivity index (χ4v) is 2.79. The first-order valence-electron chi connectivity index (χ1n) is 8.41. The third-order valence-electron chi connectivity index (χ3n) is 4.14. The third-order valence-corrected chi connectivity index (χ3v) is 4.14. The number of carbonyl (C=O) groups is 3. The van der Waals surface area contributed by atoms with E-state index in [9.17, 15) is 14.4 Å². The van der Waals surface area contributed by atoms with E-state index in [1.54, 1.807) is 12.1 Å². The molecule has 0 radical (unpaired) electrons. The summed E-state index contributed by atoms with van der Waals surface area (Å²) in [6.45, 7) is 0.312. The molecule has 0 aliphatic carbocycles. The summed E-state index contributed by atoms with van der Waals surface area (Å²) in [6.07, 6.45) is 2.48. The summed E-state index contributed by atoms with van der Waals surface area (Å²) in [7, 11) is 1.25. The van der Waals surface area contributed by atoms with Crippen molar-refractivity contribution < 1.29 is 19.1 Å². The topological polar surface area (TPSA) is 100 Å². The molecule has 2 aromatic carbocycles. The predicted octanol–water partition coefficient (Wildman–Crippen LogP) is 2.25. The van der Waals surface area contributed by atoms with Crippen molar-refractivity contribution >= 4 is 34.4 Å². The number of fused-ring (bicyclic) bond motifs is 1. The molecule has 0 fully saturated rings. The van der Waals surface area contributed by atoms with Crippen LogP contribution in [0, 0.1) is 0 Å². The van der Waals surface area contributed by atoms with Gasteiger partial charge in [0.25, 0.3) is 0 Å². The number of ether oxygens (including phenoxy) is 1. The van der Waals surface area contributed by atoms with Crippen LogP contribution in [0.25, 0.3) is 10.9 Å². The van der Waals surface area contributed by atoms with Crippen molar-refractivity contribution in [3.63, 3.8) is 0 Å². The number of amides is 2. The summed E-state index contributed by atoms with van der Waals surface area (Å²) in [6, 6.07) is 14.2. The molecular weight excluding hydrogens is 346 g/mol. The van der Waals surface area contributed by atoms with Crippen molar-refractivity contribution in [2.45, 2.75) is 6.42 Å². The van der Waals surface area contributed by atoms with E-state index >= 15 is 0 Å². The Hall–Kier alpha value is -3.61. The zero-order chi connectivity index (χ0) is 19.2. The number of aromatic amines is 1. The van der Waals surface area contributed by atoms with Gasteiger partial charge in [0.2, 0.25) is 0 Å². The Labute approximate surface area is 155 Å². The molecule has 0 saturated carbocycles. The van der Waals surface area contributed by atoms with E-state index in [4.69, 9.17) is 0 Å². The highest BCUT2D eigenvalue weighted by Gasteiger charge is 2.18. The molecule has 0 atom stereocenters. The van der Waals surface area contributed by atoms with Gasteiger partial charge in [-0.05, 0) is 30.2 Å². The van der Waals surface area contributed by atoms with Crippen molar-refractivity contribution in [2.75, 3.05) is 19.0 Å². The predicted molar refractivity (Wildman–Crippen MR) is 101 cm³/mol. The molecule has 7 nitrogen and oxygen atoms in total. The van der Waals surface area contributed by atoms with Crippen molar-refractivity contribution in [1.82, 2.24) is 10.3 Å². The quantitative estimate of drug-likeness (QED) is 0.477. The maximum atomic E-state index is 12.1. The number of H-pyrrole nitrogens is 1. The van der Waals surface area contributed by atoms with Crippen LogP contribution in [0.5, 0.6) is 0 Å². The van der Waals surface area contributed by atoms with Gasteiger partial charge in [-0.2, -0.15) is 0 Å². The summed E-state index contributed by atoms with van der Waals surface area (Å²) in [5.74, 6) is -2.20. The molecule has 1 heterocycles. The first-order chi connectivity index (χ1) is 13.1. The maximum Gasteiger partial charge on any atom is 0.339 e. The van der Waals surface area contributed by atoms with Crippen LogP contribution in [0.1, 0.15) is 15.9 Å². The first kappa shape index (κ1) is 18.2. The number of methoxy groups -OCH3 is 1. The normalized spacial score (nSPS) is 10.4. The highest BCUT2D eigenvalue weighted by molar-refractivity contribution is 6.40. The average molecular weight is 365 g/mol. The minimum absolute atomic E-state index is 0.181. The van der Waals surface area contributed by atoms with Gasteiger partial charge in [-0.25, -0.2) is 4.79 Å². The van der Waals surface area contributed by atoms with Gasteiger partial charge in [0.05, 0.1) is 18.4 Å². The van der Waals surface area contributed by atoms with Gasteiger partial charge in [-0.15, -0.1) is 0 Å². The SMILES string of the molecule is COC(=O)c1ccccc1NC(=O)C(=O)NCCc1c[nH]c2ccccc12. The van der Waals surface area contributed by atoms with E-state index in [0.717, 1.165) is 16.5 Å². The number of nitrogens with one attached hydrogen (secondary N) is 3. The standard InChI is InChI=1S/C20H19N3O4/c1-27-20(26)15-7-3-5-9-17(15)23-19(25)18(24)21-11-10-13-12-22-16-8-4-2-6-14(13)16/h2-9,12,22H,10-11H2,1H3,(H,21,24)(H,23,25). The van der Waals surface area contributed by atoms with Crippen LogP contribution in [-0.4, -0.2) is 36.4 Å². The molecule has 7 heteroatoms. The molecule has 0 unspecified atom stereocenters. The van der Waals surface area contributed by atoms with Gasteiger partial charge < -0.3 is 20.4 Å². The fourth-order valence-electron chi connectivity index (χ4n) is 2.79. The number of anilines is 1. The lowest BCUT2D eigenvalue weighted by molar-refractivity contribution is -0.136. The smallest absolute Gasteiger partial charge is 0.339 e. The Morgan fingerprint density at radius 2 is 1.74 bits per heavy atom. The number of hydrogen-bond donors (Lipinski definition) is 3. The van der Waals surface area contributed by atoms with E-state index < -0.39 is 17.8 Å². The Morgan fingerprint density at radius 1 is 1.00 bits per heavy atom. The van der Waals surface area contributed by atoms with Crippen LogP contribution in [0.4, 0.5) is 5.69 Å². The van der Waals surface area contributed by atoms with Crippen LogP contribution >= 0.6 is 0 Å². The molecule has 0 bridgehead atoms. The van der Waals surface area contributed by atoms with E-state index in [-0.39, 0.29) is 11.3 Å². The van der Waals surface area contributed by atoms with Crippen molar-refractivity contribution in [3.8, 4) is 0 Å². The van der Waals surface area contributed by atoms with E-state index in [1.165, 1.54) is 19.2 Å². The van der Waals surface area contributed by atoms with Crippen LogP contribution in [0.2, 0.25) is 0 Å². The number of rotatable bonds is 5. The molecule has 0 saturated heterocycles. The molecule has 3 aromatic rings. The summed E-state index contributed by atoms with van der Waals surface area (Å²) in [5, 5.41) is 6.11. The van der Waals surface area contributed by atoms with Gasteiger partial charge in [0.1, 0.15) is 0 Å². The van der Waals surface area contributed by atoms with E-state index in [0.29, 0.717) is 13.0 Å². The molecule has 2 amide bonds. The zero-order valence-corrected chi connectivity index (χ0v) is 14.7. The second-order valence-electron chi connectivity index (χ2n) is 5.86. The minimum atomic E-state index is -0.842. The second kappa shape index (κ2) is 8.18. The first-order valence-corrected chi connectivity index (χ1v) is 8.41. The zero-order valence-electron chi connectivity index (χ0n) is 14.7. The number of benzene rings is 2. The summed E-state index contributed by atoms with van der Waals surface area (Å²) in [4.78, 5) is 39.0. The Bertz CT molecular complexity index is 994. The van der Waals surface area contributed by atoms with Gasteiger partial charge in [0, 0.05) is 23.6 Å². The number of hydrogen-bond acceptors (Lipinski definition) is 4. The highest BCUT2D eigenvalue weighted by atomic mass is 16.5. The summed E-state index contributed by atoms with van der Waals surface area (Å²) < 4.78 is 4.67. The number of aromatic nitrogens is 1. The van der Waals surface area contributed by atoms with Crippen LogP contribution in [0.3, 0.4) is 0 Å². The number of carbonyl (C=O) groups excluding carboxylic acids is 3. The van der Waals surface area contributed by atoms with Crippen molar-refractivity contribution in [3.05, 3.63) is 65.9 Å². The highest BCUT2D eigenvalue weighted by Crippen LogP contribution is 2.18. The van der Waals surface area contributed by atoms with Gasteiger partial charge in [-0.3, -0.25) is 9.59 Å². The second-order valence-corrected chi connectivity index (χ2v) is 5.86. The summed E-state index contributed by atoms with van der Waals surface area (Å²) in [5.41, 5.74) is 2.49. The largest absolute Gasteiger partial charge is 0.465 e. The molecule has 3 rings (SSSR count). The molecule has 0 aliphatic rings. The third kappa shape index (κ3) is 4.14. The molecule has 1 aromatic heterocycles. The molecule has 0 spiro atoms. The van der Waals surface area contributed by atoms with Crippen LogP contribution in [0.15, 0.2) is 54.7 Å². The molecule has 3 N–H and O–H groups in total. The lowest BCUT2D eigenvalue weighted by Gasteiger charge is -2.09. The van der Waals surface area contributed by atoms with Crippen molar-refractivity contribution in [2.24, 2.45) is 0 Å². The van der Waals surface area contributed by atoms with Gasteiger partial charge in [-0.1, -0.05) is 30.3 Å². The molecule has 138 valence electrons. The lowest BCUT2D eigenvalue weighted by atomic mass is 10.1. The Morgan fingerprint density at radius 3 is 2.56 bits per heavy atom. The monoisotopic (exact) mass is 365 g/mol. The lowest BCUT2D eigenvalue weighted by Crippen LogP contribution is -2.36. The maximum absolute atomic E-state index is 12.1. The van der Waals surface area contributed by atoms with E-state index in [2.05, 4.69) is 20.4 Å².